The van der Waals surface area contributed by atoms with Crippen LogP contribution < -0.4 is 5.73 Å². The van der Waals surface area contributed by atoms with Crippen LogP contribution in [0.5, 0.6) is 0 Å². The Morgan fingerprint density at radius 2 is 1.90 bits per heavy atom. The molecule has 0 bridgehead atoms. The van der Waals surface area contributed by atoms with Gasteiger partial charge in [0.2, 0.25) is 0 Å². The Morgan fingerprint density at radius 3 is 2.33 bits per heavy atom. The molecule has 1 aliphatic rings. The SMILES string of the molecule is Cc1ccc(CN(C)C2(CN)CCC(C(C)(C)C)CC2)o1. The van der Waals surface area contributed by atoms with E-state index in [4.69, 9.17) is 10.2 Å². The number of nitrogens with zero attached hydrogens (tertiary/aromatic N) is 1. The third kappa shape index (κ3) is 3.70. The van der Waals surface area contributed by atoms with Crippen LogP contribution in [-0.2, 0) is 6.54 Å². The van der Waals surface area contributed by atoms with Crippen molar-refractivity contribution in [3.8, 4) is 0 Å². The Morgan fingerprint density at radius 1 is 1.29 bits per heavy atom. The lowest BCUT2D eigenvalue weighted by Crippen LogP contribution is -2.54. The van der Waals surface area contributed by atoms with Gasteiger partial charge in [-0.25, -0.2) is 0 Å². The molecule has 1 fully saturated rings. The first-order valence-electron chi connectivity index (χ1n) is 8.23. The first-order chi connectivity index (χ1) is 9.77. The Balaban J connectivity index is 2.02. The van der Waals surface area contributed by atoms with Crippen molar-refractivity contribution in [2.45, 2.75) is 65.5 Å². The minimum absolute atomic E-state index is 0.141. The van der Waals surface area contributed by atoms with Crippen LogP contribution in [0.1, 0.15) is 58.0 Å². The number of furan rings is 1. The Kier molecular flexibility index (Phi) is 4.84. The molecule has 1 saturated carbocycles. The molecule has 1 aliphatic carbocycles. The first-order valence-corrected chi connectivity index (χ1v) is 8.23. The molecular weight excluding hydrogens is 260 g/mol. The van der Waals surface area contributed by atoms with Crippen molar-refractivity contribution in [2.24, 2.45) is 17.1 Å². The van der Waals surface area contributed by atoms with Gasteiger partial charge in [-0.15, -0.1) is 0 Å². The van der Waals surface area contributed by atoms with Gasteiger partial charge in [0.15, 0.2) is 0 Å². The van der Waals surface area contributed by atoms with Crippen LogP contribution >= 0.6 is 0 Å². The molecule has 0 unspecified atom stereocenters. The average Bonchev–Trinajstić information content (AvgIpc) is 2.83. The number of rotatable bonds is 4. The normalized spacial score (nSPS) is 27.3. The molecule has 1 heterocycles. The number of aryl methyl sites for hydroxylation is 1. The van der Waals surface area contributed by atoms with E-state index in [0.717, 1.165) is 30.5 Å². The summed E-state index contributed by atoms with van der Waals surface area (Å²) in [5, 5.41) is 0. The van der Waals surface area contributed by atoms with Crippen LogP contribution in [-0.4, -0.2) is 24.0 Å². The fraction of sp³-hybridized carbons (Fsp3) is 0.778. The van der Waals surface area contributed by atoms with E-state index in [1.165, 1.54) is 25.7 Å². The number of hydrogen-bond acceptors (Lipinski definition) is 3. The van der Waals surface area contributed by atoms with E-state index < -0.39 is 0 Å². The Bertz CT molecular complexity index is 450. The summed E-state index contributed by atoms with van der Waals surface area (Å²) in [6.07, 6.45) is 4.95. The zero-order chi connectivity index (χ0) is 15.7. The van der Waals surface area contributed by atoms with Gasteiger partial charge >= 0.3 is 0 Å². The van der Waals surface area contributed by atoms with Gasteiger partial charge in [-0.05, 0) is 63.1 Å². The summed E-state index contributed by atoms with van der Waals surface area (Å²) in [7, 11) is 2.20. The molecule has 1 aromatic rings. The summed E-state index contributed by atoms with van der Waals surface area (Å²) in [6, 6.07) is 4.12. The van der Waals surface area contributed by atoms with E-state index >= 15 is 0 Å². The lowest BCUT2D eigenvalue weighted by molar-refractivity contribution is 0.0296. The monoisotopic (exact) mass is 292 g/mol. The van der Waals surface area contributed by atoms with Gasteiger partial charge in [0.25, 0.3) is 0 Å². The van der Waals surface area contributed by atoms with Gasteiger partial charge in [0.1, 0.15) is 11.5 Å². The van der Waals surface area contributed by atoms with Crippen molar-refractivity contribution in [1.29, 1.82) is 0 Å². The highest BCUT2D eigenvalue weighted by molar-refractivity contribution is 5.07. The fourth-order valence-electron chi connectivity index (χ4n) is 3.73. The molecule has 0 aliphatic heterocycles. The molecule has 2 rings (SSSR count). The number of likely N-dealkylation sites (N-methyl/N-ethyl adjacent to an activating group) is 1. The van der Waals surface area contributed by atoms with Crippen molar-refractivity contribution in [3.05, 3.63) is 23.7 Å². The Labute approximate surface area is 129 Å². The lowest BCUT2D eigenvalue weighted by Gasteiger charge is -2.48. The average molecular weight is 292 g/mol. The third-order valence-corrected chi connectivity index (χ3v) is 5.52. The van der Waals surface area contributed by atoms with Gasteiger partial charge in [-0.1, -0.05) is 20.8 Å². The van der Waals surface area contributed by atoms with Gasteiger partial charge in [-0.2, -0.15) is 0 Å². The molecule has 0 spiro atoms. The van der Waals surface area contributed by atoms with Crippen LogP contribution in [0.15, 0.2) is 16.5 Å². The van der Waals surface area contributed by atoms with Gasteiger partial charge in [0.05, 0.1) is 6.54 Å². The van der Waals surface area contributed by atoms with E-state index in [9.17, 15) is 0 Å². The predicted octanol–water partition coefficient (Wildman–Crippen LogP) is 3.95. The molecule has 1 aromatic heterocycles. The smallest absolute Gasteiger partial charge is 0.118 e. The molecule has 0 atom stereocenters. The highest BCUT2D eigenvalue weighted by Gasteiger charge is 2.40. The maximum atomic E-state index is 6.18. The van der Waals surface area contributed by atoms with E-state index in [1.54, 1.807) is 0 Å². The largest absolute Gasteiger partial charge is 0.465 e. The van der Waals surface area contributed by atoms with E-state index in [0.29, 0.717) is 5.41 Å². The molecule has 120 valence electrons. The molecule has 3 heteroatoms. The second kappa shape index (κ2) is 6.13. The lowest BCUT2D eigenvalue weighted by atomic mass is 9.67. The van der Waals surface area contributed by atoms with Gasteiger partial charge < -0.3 is 10.2 Å². The topological polar surface area (TPSA) is 42.4 Å². The quantitative estimate of drug-likeness (QED) is 0.913. The van der Waals surface area contributed by atoms with Crippen molar-refractivity contribution >= 4 is 0 Å². The standard InChI is InChI=1S/C18H32N2O/c1-14-6-7-16(21-14)12-20(5)18(13-19)10-8-15(9-11-18)17(2,3)4/h6-7,15H,8-13,19H2,1-5H3. The summed E-state index contributed by atoms with van der Waals surface area (Å²) in [5.41, 5.74) is 6.74. The molecule has 3 nitrogen and oxygen atoms in total. The third-order valence-electron chi connectivity index (χ3n) is 5.52. The van der Waals surface area contributed by atoms with Crippen LogP contribution in [0.2, 0.25) is 0 Å². The van der Waals surface area contributed by atoms with Crippen molar-refractivity contribution in [3.63, 3.8) is 0 Å². The minimum Gasteiger partial charge on any atom is -0.465 e. The summed E-state index contributed by atoms with van der Waals surface area (Å²) >= 11 is 0. The second-order valence-corrected chi connectivity index (χ2v) is 7.94. The van der Waals surface area contributed by atoms with Gasteiger partial charge in [0, 0.05) is 12.1 Å². The number of nitrogens with two attached hydrogens (primary N) is 1. The maximum Gasteiger partial charge on any atom is 0.118 e. The highest BCUT2D eigenvalue weighted by atomic mass is 16.3. The van der Waals surface area contributed by atoms with E-state index in [2.05, 4.69) is 38.8 Å². The number of hydrogen-bond donors (Lipinski definition) is 1. The maximum absolute atomic E-state index is 6.18. The summed E-state index contributed by atoms with van der Waals surface area (Å²) < 4.78 is 5.73. The first kappa shape index (κ1) is 16.6. The summed E-state index contributed by atoms with van der Waals surface area (Å²) in [5.74, 6) is 2.84. The molecule has 21 heavy (non-hydrogen) atoms. The molecule has 2 N–H and O–H groups in total. The van der Waals surface area contributed by atoms with Crippen LogP contribution in [0.25, 0.3) is 0 Å². The molecular formula is C18H32N2O. The van der Waals surface area contributed by atoms with E-state index in [-0.39, 0.29) is 5.54 Å². The van der Waals surface area contributed by atoms with Crippen LogP contribution in [0, 0.1) is 18.3 Å². The van der Waals surface area contributed by atoms with Crippen molar-refractivity contribution in [1.82, 2.24) is 4.90 Å². The molecule has 0 saturated heterocycles. The van der Waals surface area contributed by atoms with Gasteiger partial charge in [-0.3, -0.25) is 4.90 Å². The second-order valence-electron chi connectivity index (χ2n) is 7.94. The highest BCUT2D eigenvalue weighted by Crippen LogP contribution is 2.43. The summed E-state index contributed by atoms with van der Waals surface area (Å²) in [6.45, 7) is 10.7. The zero-order valence-electron chi connectivity index (χ0n) is 14.4. The predicted molar refractivity (Wildman–Crippen MR) is 88.1 cm³/mol. The molecule has 0 aromatic carbocycles. The molecule has 0 amide bonds. The zero-order valence-corrected chi connectivity index (χ0v) is 14.4. The van der Waals surface area contributed by atoms with Crippen LogP contribution in [0.3, 0.4) is 0 Å². The van der Waals surface area contributed by atoms with Crippen molar-refractivity contribution in [2.75, 3.05) is 13.6 Å². The van der Waals surface area contributed by atoms with Crippen LogP contribution in [0.4, 0.5) is 0 Å². The molecule has 0 radical (unpaired) electrons. The van der Waals surface area contributed by atoms with Crippen molar-refractivity contribution < 1.29 is 4.42 Å². The fourth-order valence-corrected chi connectivity index (χ4v) is 3.73. The Hall–Kier alpha value is -0.800. The minimum atomic E-state index is 0.141. The summed E-state index contributed by atoms with van der Waals surface area (Å²) in [4.78, 5) is 2.42. The van der Waals surface area contributed by atoms with E-state index in [1.807, 2.05) is 13.0 Å².